The molecule has 0 unspecified atom stereocenters. The summed E-state index contributed by atoms with van der Waals surface area (Å²) in [6.45, 7) is 5.73. The summed E-state index contributed by atoms with van der Waals surface area (Å²) in [4.78, 5) is 1.27. The highest BCUT2D eigenvalue weighted by Gasteiger charge is 2.11. The third kappa shape index (κ3) is 2.87. The topological polar surface area (TPSA) is 55.9 Å². The Hall–Kier alpha value is -1.01. The second-order valence-corrected chi connectivity index (χ2v) is 6.07. The molecule has 98 valence electrons. The van der Waals surface area contributed by atoms with Gasteiger partial charge in [0.2, 0.25) is 0 Å². The van der Waals surface area contributed by atoms with Gasteiger partial charge in [0.1, 0.15) is 5.82 Å². The Morgan fingerprint density at radius 3 is 2.94 bits per heavy atom. The number of aryl methyl sites for hydroxylation is 2. The van der Waals surface area contributed by atoms with Crippen LogP contribution in [0.1, 0.15) is 23.9 Å². The number of nitrogens with zero attached hydrogens (tertiary/aromatic N) is 2. The highest BCUT2D eigenvalue weighted by molar-refractivity contribution is 9.10. The number of anilines is 2. The molecule has 0 aliphatic carbocycles. The summed E-state index contributed by atoms with van der Waals surface area (Å²) >= 11 is 5.18. The Balaban J connectivity index is 2.12. The van der Waals surface area contributed by atoms with Crippen LogP contribution in [0.4, 0.5) is 11.5 Å². The van der Waals surface area contributed by atoms with Crippen molar-refractivity contribution in [1.82, 2.24) is 9.78 Å². The van der Waals surface area contributed by atoms with Gasteiger partial charge < -0.3 is 11.1 Å². The second-order valence-electron chi connectivity index (χ2n) is 4.16. The molecule has 3 N–H and O–H groups in total. The minimum atomic E-state index is 0.749. The summed E-state index contributed by atoms with van der Waals surface area (Å²) in [6, 6.07) is 2.11. The van der Waals surface area contributed by atoms with Gasteiger partial charge in [0.25, 0.3) is 0 Å². The number of halogens is 1. The van der Waals surface area contributed by atoms with Gasteiger partial charge in [0.05, 0.1) is 17.9 Å². The lowest BCUT2D eigenvalue weighted by Crippen LogP contribution is -2.08. The number of hydrogen-bond donors (Lipinski definition) is 2. The predicted molar refractivity (Wildman–Crippen MR) is 81.0 cm³/mol. The van der Waals surface area contributed by atoms with Crippen LogP contribution in [-0.2, 0) is 13.1 Å². The molecular weight excluding hydrogens is 312 g/mol. The second kappa shape index (κ2) is 5.75. The van der Waals surface area contributed by atoms with E-state index in [1.54, 1.807) is 11.3 Å². The minimum absolute atomic E-state index is 0.749. The molecule has 0 saturated heterocycles. The summed E-state index contributed by atoms with van der Waals surface area (Å²) < 4.78 is 3.07. The summed E-state index contributed by atoms with van der Waals surface area (Å²) in [5, 5.41) is 9.90. The molecule has 0 aliphatic heterocycles. The molecule has 0 fully saturated rings. The molecule has 2 rings (SSSR count). The first-order valence-corrected chi connectivity index (χ1v) is 7.58. The molecule has 2 heterocycles. The summed E-state index contributed by atoms with van der Waals surface area (Å²) in [6.07, 6.45) is 1.04. The Bertz CT molecular complexity index is 532. The Labute approximate surface area is 119 Å². The van der Waals surface area contributed by atoms with E-state index in [4.69, 9.17) is 5.73 Å². The van der Waals surface area contributed by atoms with Crippen molar-refractivity contribution in [2.75, 3.05) is 11.1 Å². The van der Waals surface area contributed by atoms with Crippen LogP contribution in [0.15, 0.2) is 15.9 Å². The number of aromatic nitrogens is 2. The van der Waals surface area contributed by atoms with Gasteiger partial charge in [-0.15, -0.1) is 11.3 Å². The fraction of sp³-hybridized carbons (Fsp3) is 0.417. The van der Waals surface area contributed by atoms with Crippen LogP contribution < -0.4 is 11.1 Å². The normalized spacial score (nSPS) is 10.8. The van der Waals surface area contributed by atoms with E-state index in [9.17, 15) is 0 Å². The lowest BCUT2D eigenvalue weighted by Gasteiger charge is -2.09. The van der Waals surface area contributed by atoms with E-state index in [0.29, 0.717) is 0 Å². The van der Waals surface area contributed by atoms with E-state index < -0.39 is 0 Å². The fourth-order valence-electron chi connectivity index (χ4n) is 1.77. The molecule has 0 spiro atoms. The maximum Gasteiger partial charge on any atom is 0.148 e. The molecule has 0 bridgehead atoms. The van der Waals surface area contributed by atoms with E-state index in [1.165, 1.54) is 4.88 Å². The number of thiophene rings is 1. The first-order valence-electron chi connectivity index (χ1n) is 5.91. The molecule has 4 nitrogen and oxygen atoms in total. The maximum atomic E-state index is 6.05. The number of nitrogen functional groups attached to an aromatic ring is 1. The quantitative estimate of drug-likeness (QED) is 0.881. The highest BCUT2D eigenvalue weighted by Crippen LogP contribution is 2.25. The van der Waals surface area contributed by atoms with Gasteiger partial charge in [0.15, 0.2) is 0 Å². The fourth-order valence-corrected chi connectivity index (χ4v) is 3.16. The Kier molecular flexibility index (Phi) is 4.29. The Morgan fingerprint density at radius 1 is 1.56 bits per heavy atom. The lowest BCUT2D eigenvalue weighted by atomic mass is 10.3. The van der Waals surface area contributed by atoms with Gasteiger partial charge >= 0.3 is 0 Å². The zero-order valence-electron chi connectivity index (χ0n) is 10.5. The van der Waals surface area contributed by atoms with Crippen LogP contribution >= 0.6 is 27.3 Å². The zero-order chi connectivity index (χ0) is 13.1. The van der Waals surface area contributed by atoms with Crippen molar-refractivity contribution in [1.29, 1.82) is 0 Å². The SMILES string of the molecule is CCCn1nc(C)c(N)c1NCc1cc(Br)cs1. The van der Waals surface area contributed by atoms with Crippen molar-refractivity contribution >= 4 is 38.8 Å². The monoisotopic (exact) mass is 328 g/mol. The number of rotatable bonds is 5. The summed E-state index contributed by atoms with van der Waals surface area (Å²) in [5.74, 6) is 0.930. The van der Waals surface area contributed by atoms with Crippen molar-refractivity contribution in [2.24, 2.45) is 0 Å². The minimum Gasteiger partial charge on any atom is -0.394 e. The molecule has 2 aromatic heterocycles. The Morgan fingerprint density at radius 2 is 2.33 bits per heavy atom. The molecule has 0 radical (unpaired) electrons. The number of nitrogens with one attached hydrogen (secondary N) is 1. The summed E-state index contributed by atoms with van der Waals surface area (Å²) in [7, 11) is 0. The van der Waals surface area contributed by atoms with E-state index in [-0.39, 0.29) is 0 Å². The van der Waals surface area contributed by atoms with E-state index in [1.807, 2.05) is 11.6 Å². The third-order valence-corrected chi connectivity index (χ3v) is 4.36. The zero-order valence-corrected chi connectivity index (χ0v) is 12.9. The van der Waals surface area contributed by atoms with Crippen molar-refractivity contribution in [3.8, 4) is 0 Å². The molecule has 0 amide bonds. The molecule has 18 heavy (non-hydrogen) atoms. The van der Waals surface area contributed by atoms with Crippen molar-refractivity contribution < 1.29 is 0 Å². The van der Waals surface area contributed by atoms with Crippen LogP contribution in [0.25, 0.3) is 0 Å². The van der Waals surface area contributed by atoms with Gasteiger partial charge in [0, 0.05) is 21.3 Å². The van der Waals surface area contributed by atoms with Crippen molar-refractivity contribution in [3.63, 3.8) is 0 Å². The molecular formula is C12H17BrN4S. The molecule has 2 aromatic rings. The molecule has 0 saturated carbocycles. The van der Waals surface area contributed by atoms with Crippen LogP contribution in [-0.4, -0.2) is 9.78 Å². The standard InChI is InChI=1S/C12H17BrN4S/c1-3-4-17-12(11(14)8(2)16-17)15-6-10-5-9(13)7-18-10/h5,7,15H,3-4,6,14H2,1-2H3. The first-order chi connectivity index (χ1) is 8.61. The highest BCUT2D eigenvalue weighted by atomic mass is 79.9. The van der Waals surface area contributed by atoms with Crippen LogP contribution in [0.5, 0.6) is 0 Å². The smallest absolute Gasteiger partial charge is 0.148 e. The van der Waals surface area contributed by atoms with Crippen LogP contribution in [0, 0.1) is 6.92 Å². The summed E-state index contributed by atoms with van der Waals surface area (Å²) in [5.41, 5.74) is 7.69. The number of nitrogens with two attached hydrogens (primary N) is 1. The number of hydrogen-bond acceptors (Lipinski definition) is 4. The lowest BCUT2D eigenvalue weighted by molar-refractivity contribution is 0.603. The van der Waals surface area contributed by atoms with Gasteiger partial charge in [-0.1, -0.05) is 6.92 Å². The first kappa shape index (κ1) is 13.4. The predicted octanol–water partition coefficient (Wildman–Crippen LogP) is 3.62. The van der Waals surface area contributed by atoms with Crippen LogP contribution in [0.2, 0.25) is 0 Å². The van der Waals surface area contributed by atoms with Gasteiger partial charge in [-0.05, 0) is 35.3 Å². The molecule has 0 aliphatic rings. The van der Waals surface area contributed by atoms with E-state index in [2.05, 4.69) is 44.7 Å². The van der Waals surface area contributed by atoms with Gasteiger partial charge in [-0.2, -0.15) is 5.10 Å². The molecule has 0 atom stereocenters. The average Bonchev–Trinajstić information content (AvgIpc) is 2.84. The van der Waals surface area contributed by atoms with E-state index >= 15 is 0 Å². The third-order valence-electron chi connectivity index (χ3n) is 2.66. The van der Waals surface area contributed by atoms with E-state index in [0.717, 1.165) is 41.2 Å². The largest absolute Gasteiger partial charge is 0.394 e. The van der Waals surface area contributed by atoms with Gasteiger partial charge in [-0.25, -0.2) is 4.68 Å². The average molecular weight is 329 g/mol. The van der Waals surface area contributed by atoms with Gasteiger partial charge in [-0.3, -0.25) is 0 Å². The molecule has 0 aromatic carbocycles. The maximum absolute atomic E-state index is 6.05. The molecule has 6 heteroatoms. The van der Waals surface area contributed by atoms with Crippen molar-refractivity contribution in [2.45, 2.75) is 33.4 Å². The van der Waals surface area contributed by atoms with Crippen molar-refractivity contribution in [3.05, 3.63) is 26.5 Å². The van der Waals surface area contributed by atoms with Crippen LogP contribution in [0.3, 0.4) is 0 Å².